The molecule has 2 N–H and O–H groups in total. The third-order valence-corrected chi connectivity index (χ3v) is 7.03. The Morgan fingerprint density at radius 3 is 2.57 bits per heavy atom. The number of Topliss-reactive ketones (excluding diaryl/α,β-unsaturated/α-hetero) is 1. The van der Waals surface area contributed by atoms with E-state index >= 15 is 0 Å². The summed E-state index contributed by atoms with van der Waals surface area (Å²) in [6, 6.07) is 11.6. The number of amides is 1. The molecule has 0 bridgehead atoms. The molecule has 3 aromatic rings. The van der Waals surface area contributed by atoms with Crippen molar-refractivity contribution in [2.24, 2.45) is 0 Å². The summed E-state index contributed by atoms with van der Waals surface area (Å²) in [5, 5.41) is 21.2. The molecule has 1 aliphatic rings. The summed E-state index contributed by atoms with van der Waals surface area (Å²) >= 11 is 0.914. The van der Waals surface area contributed by atoms with Crippen LogP contribution in [0.15, 0.2) is 54.1 Å². The Morgan fingerprint density at radius 2 is 1.89 bits per heavy atom. The number of phenolic OH excluding ortho intramolecular Hbond substituents is 1. The highest BCUT2D eigenvalue weighted by Gasteiger charge is 2.48. The summed E-state index contributed by atoms with van der Waals surface area (Å²) in [5.74, 6) is -2.28. The van der Waals surface area contributed by atoms with Crippen molar-refractivity contribution in [3.05, 3.63) is 75.8 Å². The van der Waals surface area contributed by atoms with Crippen molar-refractivity contribution in [3.8, 4) is 11.5 Å². The van der Waals surface area contributed by atoms with Gasteiger partial charge in [-0.1, -0.05) is 48.9 Å². The molecule has 0 saturated carbocycles. The fourth-order valence-electron chi connectivity index (χ4n) is 3.99. The van der Waals surface area contributed by atoms with E-state index in [0.717, 1.165) is 29.1 Å². The number of thiazole rings is 1. The maximum absolute atomic E-state index is 13.3. The van der Waals surface area contributed by atoms with Crippen LogP contribution in [-0.2, 0) is 14.3 Å². The Bertz CT molecular complexity index is 1380. The van der Waals surface area contributed by atoms with E-state index in [1.54, 1.807) is 43.3 Å². The van der Waals surface area contributed by atoms with Crippen LogP contribution >= 0.6 is 11.3 Å². The van der Waals surface area contributed by atoms with Gasteiger partial charge in [0.05, 0.1) is 31.0 Å². The van der Waals surface area contributed by atoms with Gasteiger partial charge in [-0.25, -0.2) is 9.78 Å². The van der Waals surface area contributed by atoms with E-state index in [2.05, 4.69) is 4.98 Å². The number of aryl methyl sites for hydroxylation is 1. The molecule has 2 aromatic carbocycles. The second-order valence-electron chi connectivity index (χ2n) is 8.39. The average Bonchev–Trinajstić information content (AvgIpc) is 3.40. The van der Waals surface area contributed by atoms with Crippen molar-refractivity contribution in [2.45, 2.75) is 32.7 Å². The maximum Gasteiger partial charge on any atom is 0.350 e. The van der Waals surface area contributed by atoms with E-state index in [1.807, 2.05) is 6.92 Å². The van der Waals surface area contributed by atoms with Crippen LogP contribution in [0.5, 0.6) is 11.5 Å². The molecule has 1 atom stereocenters. The number of carbonyl (C=O) groups excluding carboxylic acids is 3. The van der Waals surface area contributed by atoms with E-state index in [0.29, 0.717) is 29.2 Å². The normalized spacial score (nSPS) is 16.7. The molecular weight excluding hydrogens is 496 g/mol. The van der Waals surface area contributed by atoms with Gasteiger partial charge in [-0.2, -0.15) is 0 Å². The summed E-state index contributed by atoms with van der Waals surface area (Å²) < 4.78 is 10.5. The third-order valence-electron chi connectivity index (χ3n) is 5.89. The number of ether oxygens (including phenoxy) is 2. The number of rotatable bonds is 8. The van der Waals surface area contributed by atoms with Crippen LogP contribution in [-0.4, -0.2) is 46.6 Å². The van der Waals surface area contributed by atoms with Crippen molar-refractivity contribution >= 4 is 39.9 Å². The average molecular weight is 523 g/mol. The van der Waals surface area contributed by atoms with Crippen LogP contribution < -0.4 is 9.64 Å². The number of methoxy groups -OCH3 is 1. The van der Waals surface area contributed by atoms with Crippen LogP contribution in [0.25, 0.3) is 5.76 Å². The lowest BCUT2D eigenvalue weighted by Crippen LogP contribution is -2.29. The number of hydrogen-bond donors (Lipinski definition) is 2. The van der Waals surface area contributed by atoms with Crippen molar-refractivity contribution < 1.29 is 34.1 Å². The highest BCUT2D eigenvalue weighted by molar-refractivity contribution is 7.17. The van der Waals surface area contributed by atoms with Crippen LogP contribution in [0.3, 0.4) is 0 Å². The number of benzene rings is 2. The van der Waals surface area contributed by atoms with Gasteiger partial charge in [0.25, 0.3) is 5.78 Å². The highest BCUT2D eigenvalue weighted by Crippen LogP contribution is 2.44. The largest absolute Gasteiger partial charge is 0.508 e. The smallest absolute Gasteiger partial charge is 0.350 e. The van der Waals surface area contributed by atoms with Gasteiger partial charge in [-0.3, -0.25) is 14.5 Å². The minimum Gasteiger partial charge on any atom is -0.508 e. The van der Waals surface area contributed by atoms with E-state index in [-0.39, 0.29) is 27.1 Å². The monoisotopic (exact) mass is 522 g/mol. The van der Waals surface area contributed by atoms with Gasteiger partial charge in [-0.05, 0) is 43.2 Å². The molecule has 2 heterocycles. The predicted molar refractivity (Wildman–Crippen MR) is 138 cm³/mol. The summed E-state index contributed by atoms with van der Waals surface area (Å²) in [5.41, 5.74) is 0.965. The molecule has 1 aromatic heterocycles. The molecule has 37 heavy (non-hydrogen) atoms. The molecule has 192 valence electrons. The van der Waals surface area contributed by atoms with E-state index in [1.165, 1.54) is 19.2 Å². The molecule has 10 heteroatoms. The van der Waals surface area contributed by atoms with Crippen molar-refractivity contribution in [3.63, 3.8) is 0 Å². The van der Waals surface area contributed by atoms with Crippen molar-refractivity contribution in [1.82, 2.24) is 4.98 Å². The summed E-state index contributed by atoms with van der Waals surface area (Å²) in [6.45, 7) is 4.15. The van der Waals surface area contributed by atoms with E-state index in [4.69, 9.17) is 9.47 Å². The fourth-order valence-corrected chi connectivity index (χ4v) is 5.00. The number of esters is 1. The fraction of sp³-hybridized carbons (Fsp3) is 0.259. The van der Waals surface area contributed by atoms with Gasteiger partial charge < -0.3 is 19.7 Å². The number of aliphatic hydroxyl groups excluding tert-OH is 1. The van der Waals surface area contributed by atoms with Crippen molar-refractivity contribution in [1.29, 1.82) is 0 Å². The first-order valence-electron chi connectivity index (χ1n) is 11.7. The minimum absolute atomic E-state index is 0.00398. The van der Waals surface area contributed by atoms with Gasteiger partial charge >= 0.3 is 11.9 Å². The minimum atomic E-state index is -1.05. The number of nitrogens with zero attached hydrogens (tertiary/aromatic N) is 2. The molecule has 1 aliphatic heterocycles. The second kappa shape index (κ2) is 10.8. The Hall–Kier alpha value is -4.18. The van der Waals surface area contributed by atoms with Crippen LogP contribution in [0, 0.1) is 6.92 Å². The molecule has 1 amide bonds. The Labute approximate surface area is 217 Å². The van der Waals surface area contributed by atoms with E-state index < -0.39 is 23.7 Å². The summed E-state index contributed by atoms with van der Waals surface area (Å²) in [6.07, 6.45) is 1.83. The van der Waals surface area contributed by atoms with Gasteiger partial charge in [0.1, 0.15) is 22.1 Å². The Balaban J connectivity index is 1.85. The number of aliphatic hydroxyl groups is 1. The molecule has 1 unspecified atom stereocenters. The molecule has 1 fully saturated rings. The second-order valence-corrected chi connectivity index (χ2v) is 9.37. The zero-order valence-corrected chi connectivity index (χ0v) is 21.4. The number of carbonyl (C=O) groups is 3. The topological polar surface area (TPSA) is 126 Å². The van der Waals surface area contributed by atoms with Gasteiger partial charge in [0, 0.05) is 5.56 Å². The first-order valence-corrected chi connectivity index (χ1v) is 12.5. The number of ketones is 1. The van der Waals surface area contributed by atoms with E-state index in [9.17, 15) is 24.6 Å². The summed E-state index contributed by atoms with van der Waals surface area (Å²) in [7, 11) is 1.24. The zero-order chi connectivity index (χ0) is 26.7. The highest BCUT2D eigenvalue weighted by atomic mass is 32.1. The Morgan fingerprint density at radius 1 is 1.16 bits per heavy atom. The lowest BCUT2D eigenvalue weighted by atomic mass is 9.95. The number of hydrogen-bond acceptors (Lipinski definition) is 9. The zero-order valence-electron chi connectivity index (χ0n) is 20.6. The molecule has 1 saturated heterocycles. The quantitative estimate of drug-likeness (QED) is 0.143. The maximum atomic E-state index is 13.3. The molecule has 9 nitrogen and oxygen atoms in total. The standard InChI is InChI=1S/C27H26N2O7S/c1-4-5-13-36-19-8-6-7-17(14-19)22(31)20-21(16-9-11-18(30)12-10-16)29(25(33)23(20)32)27-28-15(2)24(37-27)26(34)35-3/h6-12,14,21,30-31H,4-5,13H2,1-3H3. The molecule has 0 radical (unpaired) electrons. The third kappa shape index (κ3) is 5.05. The predicted octanol–water partition coefficient (Wildman–Crippen LogP) is 4.75. The lowest BCUT2D eigenvalue weighted by molar-refractivity contribution is -0.132. The first kappa shape index (κ1) is 25.9. The molecule has 0 aliphatic carbocycles. The van der Waals surface area contributed by atoms with Gasteiger partial charge in [-0.15, -0.1) is 0 Å². The lowest BCUT2D eigenvalue weighted by Gasteiger charge is -2.23. The number of aromatic hydroxyl groups is 1. The van der Waals surface area contributed by atoms with Crippen LogP contribution in [0.1, 0.15) is 52.3 Å². The van der Waals surface area contributed by atoms with Crippen LogP contribution in [0.4, 0.5) is 5.13 Å². The van der Waals surface area contributed by atoms with Crippen LogP contribution in [0.2, 0.25) is 0 Å². The molecular formula is C27H26N2O7S. The number of phenols is 1. The van der Waals surface area contributed by atoms with Crippen molar-refractivity contribution in [2.75, 3.05) is 18.6 Å². The molecule has 0 spiro atoms. The van der Waals surface area contributed by atoms with Gasteiger partial charge in [0.2, 0.25) is 0 Å². The number of aromatic nitrogens is 1. The number of anilines is 1. The Kier molecular flexibility index (Phi) is 7.58. The molecule has 4 rings (SSSR count). The number of unbranched alkanes of at least 4 members (excludes halogenated alkanes) is 1. The summed E-state index contributed by atoms with van der Waals surface area (Å²) in [4.78, 5) is 44.5. The SMILES string of the molecule is CCCCOc1cccc(C(O)=C2C(=O)C(=O)N(c3nc(C)c(C(=O)OC)s3)C2c2ccc(O)cc2)c1. The van der Waals surface area contributed by atoms with Gasteiger partial charge in [0.15, 0.2) is 5.13 Å². The first-order chi connectivity index (χ1) is 17.8.